The lowest BCUT2D eigenvalue weighted by molar-refractivity contribution is 0.410. The van der Waals surface area contributed by atoms with Gasteiger partial charge < -0.3 is 0 Å². The second-order valence-electron chi connectivity index (χ2n) is 6.63. The summed E-state index contributed by atoms with van der Waals surface area (Å²) >= 11 is 0. The normalized spacial score (nSPS) is 31.2. The summed E-state index contributed by atoms with van der Waals surface area (Å²) in [6, 6.07) is 0. The summed E-state index contributed by atoms with van der Waals surface area (Å²) in [6.07, 6.45) is 28.3. The molecule has 0 spiro atoms. The van der Waals surface area contributed by atoms with Crippen LogP contribution in [0.4, 0.5) is 0 Å². The maximum atomic E-state index is 2.52. The standard InChI is InChI=1S/C19H32/c1-2-7-13-19-15-9-4-3-8-14-18(12-6-1)16-10-5-11-17-19/h1,6-7,13,18-19H,2-5,8-12,14-17H2. The summed E-state index contributed by atoms with van der Waals surface area (Å²) < 4.78 is 0. The second kappa shape index (κ2) is 9.39. The van der Waals surface area contributed by atoms with Gasteiger partial charge in [0.15, 0.2) is 0 Å². The van der Waals surface area contributed by atoms with Crippen molar-refractivity contribution in [2.24, 2.45) is 11.8 Å². The highest BCUT2D eigenvalue weighted by Gasteiger charge is 2.10. The minimum atomic E-state index is 0.866. The van der Waals surface area contributed by atoms with Gasteiger partial charge in [0, 0.05) is 0 Å². The molecule has 2 unspecified atom stereocenters. The van der Waals surface area contributed by atoms with E-state index >= 15 is 0 Å². The predicted octanol–water partition coefficient (Wildman–Crippen LogP) is 6.43. The third-order valence-corrected chi connectivity index (χ3v) is 4.94. The van der Waals surface area contributed by atoms with Gasteiger partial charge in [0.2, 0.25) is 0 Å². The molecule has 0 radical (unpaired) electrons. The minimum Gasteiger partial charge on any atom is -0.0880 e. The van der Waals surface area contributed by atoms with Crippen molar-refractivity contribution in [3.8, 4) is 0 Å². The Morgan fingerprint density at radius 1 is 0.579 bits per heavy atom. The van der Waals surface area contributed by atoms with E-state index in [0.717, 1.165) is 18.3 Å². The molecule has 0 amide bonds. The summed E-state index contributed by atoms with van der Waals surface area (Å²) in [5, 5.41) is 0. The first-order valence-corrected chi connectivity index (χ1v) is 8.77. The van der Waals surface area contributed by atoms with Crippen molar-refractivity contribution >= 4 is 0 Å². The Bertz CT molecular complexity index is 270. The highest BCUT2D eigenvalue weighted by molar-refractivity contribution is 4.96. The molecule has 0 nitrogen and oxygen atoms in total. The summed E-state index contributed by atoms with van der Waals surface area (Å²) in [5.74, 6) is 1.84. The number of hydrogen-bond donors (Lipinski definition) is 0. The molecule has 0 aromatic carbocycles. The summed E-state index contributed by atoms with van der Waals surface area (Å²) in [4.78, 5) is 0. The average Bonchev–Trinajstić information content (AvgIpc) is 2.46. The van der Waals surface area contributed by atoms with Crippen LogP contribution in [0.2, 0.25) is 0 Å². The lowest BCUT2D eigenvalue weighted by Gasteiger charge is -2.14. The Morgan fingerprint density at radius 3 is 1.95 bits per heavy atom. The molecule has 1 saturated carbocycles. The fourth-order valence-corrected chi connectivity index (χ4v) is 3.66. The third kappa shape index (κ3) is 6.45. The Balaban J connectivity index is 2.00. The first kappa shape index (κ1) is 14.9. The van der Waals surface area contributed by atoms with E-state index in [1.54, 1.807) is 0 Å². The van der Waals surface area contributed by atoms with Crippen LogP contribution in [0.3, 0.4) is 0 Å². The van der Waals surface area contributed by atoms with E-state index in [0.29, 0.717) is 0 Å². The quantitative estimate of drug-likeness (QED) is 0.440. The van der Waals surface area contributed by atoms with Crippen LogP contribution in [0.5, 0.6) is 0 Å². The van der Waals surface area contributed by atoms with Gasteiger partial charge in [0.25, 0.3) is 0 Å². The fourth-order valence-electron chi connectivity index (χ4n) is 3.66. The third-order valence-electron chi connectivity index (χ3n) is 4.94. The monoisotopic (exact) mass is 260 g/mol. The van der Waals surface area contributed by atoms with E-state index < -0.39 is 0 Å². The molecule has 1 fully saturated rings. The smallest absolute Gasteiger partial charge is 0.0169 e. The summed E-state index contributed by atoms with van der Waals surface area (Å²) in [5.41, 5.74) is 0. The number of hydrogen-bond acceptors (Lipinski definition) is 0. The van der Waals surface area contributed by atoms with Gasteiger partial charge in [-0.05, 0) is 37.5 Å². The molecule has 2 atom stereocenters. The molecular formula is C19H32. The zero-order valence-corrected chi connectivity index (χ0v) is 12.7. The van der Waals surface area contributed by atoms with E-state index in [4.69, 9.17) is 0 Å². The van der Waals surface area contributed by atoms with E-state index in [1.165, 1.54) is 77.0 Å². The molecule has 2 bridgehead atoms. The fraction of sp³-hybridized carbons (Fsp3) is 0.789. The van der Waals surface area contributed by atoms with Crippen LogP contribution >= 0.6 is 0 Å². The van der Waals surface area contributed by atoms with Crippen LogP contribution in [0.25, 0.3) is 0 Å². The molecule has 19 heavy (non-hydrogen) atoms. The Labute approximate surface area is 120 Å². The molecule has 0 heteroatoms. The predicted molar refractivity (Wildman–Crippen MR) is 85.3 cm³/mol. The van der Waals surface area contributed by atoms with Crippen LogP contribution in [-0.2, 0) is 0 Å². The lowest BCUT2D eigenvalue weighted by Crippen LogP contribution is -1.99. The van der Waals surface area contributed by atoms with Crippen molar-refractivity contribution in [2.75, 3.05) is 0 Å². The van der Waals surface area contributed by atoms with Gasteiger partial charge in [0.05, 0.1) is 0 Å². The van der Waals surface area contributed by atoms with Crippen LogP contribution < -0.4 is 0 Å². The highest BCUT2D eigenvalue weighted by atomic mass is 14.2. The molecule has 0 heterocycles. The van der Waals surface area contributed by atoms with Gasteiger partial charge in [-0.15, -0.1) is 0 Å². The molecule has 0 saturated heterocycles. The van der Waals surface area contributed by atoms with Crippen LogP contribution in [0.15, 0.2) is 24.3 Å². The van der Waals surface area contributed by atoms with Crippen molar-refractivity contribution in [2.45, 2.75) is 83.5 Å². The Morgan fingerprint density at radius 2 is 1.21 bits per heavy atom. The summed E-state index contributed by atoms with van der Waals surface area (Å²) in [7, 11) is 0. The maximum absolute atomic E-state index is 2.52. The SMILES string of the molecule is C1=CCC2CCCCCCC(C=CC1)CCCCC2. The second-order valence-corrected chi connectivity index (χ2v) is 6.63. The Kier molecular flexibility index (Phi) is 7.36. The van der Waals surface area contributed by atoms with Crippen molar-refractivity contribution < 1.29 is 0 Å². The zero-order valence-electron chi connectivity index (χ0n) is 12.7. The van der Waals surface area contributed by atoms with Gasteiger partial charge in [0.1, 0.15) is 0 Å². The van der Waals surface area contributed by atoms with Crippen molar-refractivity contribution in [3.63, 3.8) is 0 Å². The van der Waals surface area contributed by atoms with Crippen molar-refractivity contribution in [3.05, 3.63) is 24.3 Å². The van der Waals surface area contributed by atoms with Crippen LogP contribution in [-0.4, -0.2) is 0 Å². The minimum absolute atomic E-state index is 0.866. The molecule has 0 aromatic heterocycles. The zero-order chi connectivity index (χ0) is 13.2. The molecule has 2 aliphatic carbocycles. The number of allylic oxidation sites excluding steroid dienone is 4. The average molecular weight is 260 g/mol. The number of rotatable bonds is 0. The first-order chi connectivity index (χ1) is 9.45. The van der Waals surface area contributed by atoms with Crippen molar-refractivity contribution in [1.29, 1.82) is 0 Å². The first-order valence-electron chi connectivity index (χ1n) is 8.77. The topological polar surface area (TPSA) is 0 Å². The van der Waals surface area contributed by atoms with Crippen LogP contribution in [0.1, 0.15) is 83.5 Å². The van der Waals surface area contributed by atoms with E-state index in [2.05, 4.69) is 24.3 Å². The number of fused-ring (bicyclic) bond motifs is 6. The van der Waals surface area contributed by atoms with E-state index in [9.17, 15) is 0 Å². The van der Waals surface area contributed by atoms with Gasteiger partial charge >= 0.3 is 0 Å². The van der Waals surface area contributed by atoms with Gasteiger partial charge in [-0.3, -0.25) is 0 Å². The molecule has 0 aliphatic heterocycles. The van der Waals surface area contributed by atoms with Gasteiger partial charge in [-0.1, -0.05) is 82.1 Å². The Hall–Kier alpha value is -0.520. The largest absolute Gasteiger partial charge is 0.0880 e. The van der Waals surface area contributed by atoms with Gasteiger partial charge in [-0.2, -0.15) is 0 Å². The lowest BCUT2D eigenvalue weighted by atomic mass is 9.91. The molecule has 108 valence electrons. The van der Waals surface area contributed by atoms with Crippen LogP contribution in [0, 0.1) is 11.8 Å². The highest BCUT2D eigenvalue weighted by Crippen LogP contribution is 2.26. The van der Waals surface area contributed by atoms with Gasteiger partial charge in [-0.25, -0.2) is 0 Å². The summed E-state index contributed by atoms with van der Waals surface area (Å²) in [6.45, 7) is 0. The molecule has 2 rings (SSSR count). The maximum Gasteiger partial charge on any atom is -0.0169 e. The van der Waals surface area contributed by atoms with E-state index in [-0.39, 0.29) is 0 Å². The molecular weight excluding hydrogens is 228 g/mol. The molecule has 0 N–H and O–H groups in total. The van der Waals surface area contributed by atoms with Crippen molar-refractivity contribution in [1.82, 2.24) is 0 Å². The molecule has 0 aromatic rings. The molecule has 2 aliphatic rings. The van der Waals surface area contributed by atoms with E-state index in [1.807, 2.05) is 0 Å².